The molecule has 0 amide bonds. The molecule has 3 heterocycles. The Morgan fingerprint density at radius 3 is 2.69 bits per heavy atom. The summed E-state index contributed by atoms with van der Waals surface area (Å²) in [6.45, 7) is 10.9. The number of ketones is 1. The SMILES string of the molecule is CCCCC(=O)c1nc(CC)c(N[C@H]2CC[C@H](O)CC2)nc1Nc1ccc2c(c1)OCCN2CCCC(C)C1CCCOCC1. The van der Waals surface area contributed by atoms with Gasteiger partial charge in [-0.15, -0.1) is 0 Å². The smallest absolute Gasteiger partial charge is 0.185 e. The van der Waals surface area contributed by atoms with E-state index in [9.17, 15) is 9.90 Å². The molecular formula is C36H55N5O4. The Labute approximate surface area is 269 Å². The zero-order valence-electron chi connectivity index (χ0n) is 27.8. The topological polar surface area (TPSA) is 109 Å². The number of unbranched alkanes of at least 4 members (excludes halogenated alkanes) is 1. The molecule has 9 nitrogen and oxygen atoms in total. The van der Waals surface area contributed by atoms with Gasteiger partial charge in [-0.1, -0.05) is 27.2 Å². The van der Waals surface area contributed by atoms with E-state index < -0.39 is 0 Å². The number of hydrogen-bond donors (Lipinski definition) is 3. The largest absolute Gasteiger partial charge is 0.489 e. The molecule has 5 rings (SSSR count). The normalized spacial score (nSPS) is 22.6. The van der Waals surface area contributed by atoms with Crippen molar-refractivity contribution in [3.05, 3.63) is 29.6 Å². The molecule has 2 atom stereocenters. The van der Waals surface area contributed by atoms with Gasteiger partial charge in [-0.3, -0.25) is 4.79 Å². The lowest BCUT2D eigenvalue weighted by molar-refractivity contribution is 0.0975. The lowest BCUT2D eigenvalue weighted by Crippen LogP contribution is -2.33. The number of carbonyl (C=O) groups is 1. The number of nitrogens with one attached hydrogen (secondary N) is 2. The lowest BCUT2D eigenvalue weighted by atomic mass is 9.85. The number of aryl methyl sites for hydroxylation is 1. The Morgan fingerprint density at radius 1 is 1.04 bits per heavy atom. The average Bonchev–Trinajstić information content (AvgIpc) is 3.35. The molecule has 2 fully saturated rings. The number of carbonyl (C=O) groups excluding carboxylic acids is 1. The Morgan fingerprint density at radius 2 is 1.89 bits per heavy atom. The van der Waals surface area contributed by atoms with E-state index in [4.69, 9.17) is 19.4 Å². The Kier molecular flexibility index (Phi) is 12.3. The number of anilines is 4. The number of ether oxygens (including phenoxy) is 2. The zero-order chi connectivity index (χ0) is 31.6. The van der Waals surface area contributed by atoms with Gasteiger partial charge in [0.15, 0.2) is 11.6 Å². The minimum Gasteiger partial charge on any atom is -0.489 e. The van der Waals surface area contributed by atoms with Gasteiger partial charge in [0, 0.05) is 44.0 Å². The van der Waals surface area contributed by atoms with Gasteiger partial charge < -0.3 is 30.1 Å². The fourth-order valence-corrected chi connectivity index (χ4v) is 7.04. The van der Waals surface area contributed by atoms with Crippen molar-refractivity contribution in [2.45, 2.75) is 116 Å². The third-order valence-electron chi connectivity index (χ3n) is 9.93. The fraction of sp³-hybridized carbons (Fsp3) is 0.694. The fourth-order valence-electron chi connectivity index (χ4n) is 7.04. The van der Waals surface area contributed by atoms with Crippen LogP contribution >= 0.6 is 0 Å². The number of benzene rings is 1. The summed E-state index contributed by atoms with van der Waals surface area (Å²) in [6.07, 6.45) is 12.1. The maximum absolute atomic E-state index is 13.3. The van der Waals surface area contributed by atoms with Crippen LogP contribution in [0.2, 0.25) is 0 Å². The third-order valence-corrected chi connectivity index (χ3v) is 9.93. The number of nitrogens with zero attached hydrogens (tertiary/aromatic N) is 3. The van der Waals surface area contributed by atoms with Crippen LogP contribution < -0.4 is 20.3 Å². The highest BCUT2D eigenvalue weighted by atomic mass is 16.5. The van der Waals surface area contributed by atoms with E-state index in [-0.39, 0.29) is 17.9 Å². The molecule has 2 aromatic rings. The van der Waals surface area contributed by atoms with E-state index in [0.29, 0.717) is 31.0 Å². The third kappa shape index (κ3) is 9.09. The second-order valence-corrected chi connectivity index (χ2v) is 13.3. The minimum absolute atomic E-state index is 0.0138. The monoisotopic (exact) mass is 621 g/mol. The number of rotatable bonds is 14. The first-order valence-electron chi connectivity index (χ1n) is 17.7. The summed E-state index contributed by atoms with van der Waals surface area (Å²) >= 11 is 0. The van der Waals surface area contributed by atoms with Gasteiger partial charge in [-0.2, -0.15) is 0 Å². The Hall–Kier alpha value is -2.91. The minimum atomic E-state index is -0.219. The molecule has 2 unspecified atom stereocenters. The Balaban J connectivity index is 1.30. The van der Waals surface area contributed by atoms with E-state index in [0.717, 1.165) is 112 Å². The van der Waals surface area contributed by atoms with Crippen molar-refractivity contribution < 1.29 is 19.4 Å². The van der Waals surface area contributed by atoms with Crippen LogP contribution in [0.5, 0.6) is 5.75 Å². The van der Waals surface area contributed by atoms with Gasteiger partial charge in [-0.05, 0) is 94.6 Å². The van der Waals surface area contributed by atoms with Crippen molar-refractivity contribution >= 4 is 28.8 Å². The van der Waals surface area contributed by atoms with Crippen molar-refractivity contribution in [2.24, 2.45) is 11.8 Å². The van der Waals surface area contributed by atoms with Crippen LogP contribution in [0.1, 0.15) is 114 Å². The summed E-state index contributed by atoms with van der Waals surface area (Å²) in [5.41, 5.74) is 3.16. The maximum atomic E-state index is 13.3. The van der Waals surface area contributed by atoms with Crippen molar-refractivity contribution in [2.75, 3.05) is 48.4 Å². The first kappa shape index (κ1) is 33.5. The molecule has 0 bridgehead atoms. The number of aliphatic hydroxyl groups excluding tert-OH is 1. The van der Waals surface area contributed by atoms with Gasteiger partial charge in [0.1, 0.15) is 23.9 Å². The zero-order valence-corrected chi connectivity index (χ0v) is 27.8. The molecule has 1 aliphatic carbocycles. The molecule has 1 aromatic heterocycles. The number of fused-ring (bicyclic) bond motifs is 1. The second kappa shape index (κ2) is 16.6. The summed E-state index contributed by atoms with van der Waals surface area (Å²) in [5, 5.41) is 17.0. The summed E-state index contributed by atoms with van der Waals surface area (Å²) in [4.78, 5) is 25.6. The summed E-state index contributed by atoms with van der Waals surface area (Å²) in [5.74, 6) is 3.57. The maximum Gasteiger partial charge on any atom is 0.185 e. The van der Waals surface area contributed by atoms with E-state index in [1.165, 1.54) is 25.7 Å². The van der Waals surface area contributed by atoms with Gasteiger partial charge in [-0.25, -0.2) is 9.97 Å². The van der Waals surface area contributed by atoms with Crippen molar-refractivity contribution in [1.82, 2.24) is 9.97 Å². The molecule has 3 N–H and O–H groups in total. The molecule has 0 radical (unpaired) electrons. The molecule has 248 valence electrons. The molecule has 0 spiro atoms. The van der Waals surface area contributed by atoms with Crippen LogP contribution in [0.15, 0.2) is 18.2 Å². The predicted molar refractivity (Wildman–Crippen MR) is 181 cm³/mol. The van der Waals surface area contributed by atoms with E-state index >= 15 is 0 Å². The summed E-state index contributed by atoms with van der Waals surface area (Å²) in [7, 11) is 0. The number of aromatic nitrogens is 2. The quantitative estimate of drug-likeness (QED) is 0.187. The summed E-state index contributed by atoms with van der Waals surface area (Å²) in [6, 6.07) is 6.44. The molecular weight excluding hydrogens is 566 g/mol. The van der Waals surface area contributed by atoms with Crippen molar-refractivity contribution in [3.63, 3.8) is 0 Å². The highest BCUT2D eigenvalue weighted by Crippen LogP contribution is 2.36. The van der Waals surface area contributed by atoms with Gasteiger partial charge in [0.2, 0.25) is 0 Å². The van der Waals surface area contributed by atoms with Crippen LogP contribution in [-0.4, -0.2) is 65.9 Å². The molecule has 1 aromatic carbocycles. The average molecular weight is 622 g/mol. The molecule has 45 heavy (non-hydrogen) atoms. The standard InChI is InChI=1S/C36H55N5O4/c1-4-6-11-32(43)34-36(40-35(30(5-2)39-34)37-27-12-15-29(42)16-13-27)38-28-14-17-31-33(24-28)45-23-20-41(31)19-7-9-25(3)26-10-8-21-44-22-18-26/h14,17,24-27,29,42H,4-13,15-16,18-23H2,1-3H3,(H2,37,38,40)/t25?,26?,27-,29-. The number of aliphatic hydroxyl groups is 1. The van der Waals surface area contributed by atoms with Gasteiger partial charge in [0.25, 0.3) is 0 Å². The molecule has 9 heteroatoms. The summed E-state index contributed by atoms with van der Waals surface area (Å²) < 4.78 is 11.8. The highest BCUT2D eigenvalue weighted by Gasteiger charge is 2.25. The lowest BCUT2D eigenvalue weighted by Gasteiger charge is -2.32. The van der Waals surface area contributed by atoms with Gasteiger partial charge in [0.05, 0.1) is 24.0 Å². The van der Waals surface area contributed by atoms with Crippen LogP contribution in [-0.2, 0) is 11.2 Å². The first-order chi connectivity index (χ1) is 21.9. The second-order valence-electron chi connectivity index (χ2n) is 13.3. The van der Waals surface area contributed by atoms with Gasteiger partial charge >= 0.3 is 0 Å². The van der Waals surface area contributed by atoms with E-state index in [1.54, 1.807) is 0 Å². The van der Waals surface area contributed by atoms with Crippen LogP contribution in [0.25, 0.3) is 0 Å². The number of hydrogen-bond acceptors (Lipinski definition) is 9. The molecule has 1 saturated carbocycles. The van der Waals surface area contributed by atoms with E-state index in [1.807, 2.05) is 13.0 Å². The van der Waals surface area contributed by atoms with Crippen LogP contribution in [0.3, 0.4) is 0 Å². The Bertz CT molecular complexity index is 1240. The molecule has 3 aliphatic rings. The predicted octanol–water partition coefficient (Wildman–Crippen LogP) is 7.30. The van der Waals surface area contributed by atoms with Crippen molar-refractivity contribution in [3.8, 4) is 5.75 Å². The van der Waals surface area contributed by atoms with Crippen LogP contribution in [0, 0.1) is 11.8 Å². The van der Waals surface area contributed by atoms with Crippen LogP contribution in [0.4, 0.5) is 23.0 Å². The van der Waals surface area contributed by atoms with Crippen molar-refractivity contribution in [1.29, 1.82) is 0 Å². The molecule has 2 aliphatic heterocycles. The molecule has 1 saturated heterocycles. The first-order valence-corrected chi connectivity index (χ1v) is 17.7. The highest BCUT2D eigenvalue weighted by molar-refractivity contribution is 5.99. The number of Topliss-reactive ketones (excluding diaryl/α,β-unsaturated/α-hetero) is 1. The van der Waals surface area contributed by atoms with E-state index in [2.05, 4.69) is 41.5 Å².